The van der Waals surface area contributed by atoms with Crippen molar-refractivity contribution in [3.05, 3.63) is 75.9 Å². The number of aromatic nitrogens is 1. The number of nitrogens with one attached hydrogen (secondary N) is 1. The number of nitrogens with zero attached hydrogens (tertiary/aromatic N) is 2. The molecule has 0 radical (unpaired) electrons. The van der Waals surface area contributed by atoms with Crippen LogP contribution < -0.4 is 5.32 Å². The molecule has 0 saturated heterocycles. The third kappa shape index (κ3) is 4.30. The fraction of sp³-hybridized carbons (Fsp3) is 0.190. The van der Waals surface area contributed by atoms with Crippen LogP contribution in [0.1, 0.15) is 32.9 Å². The normalized spacial score (nSPS) is 10.3. The van der Waals surface area contributed by atoms with Gasteiger partial charge < -0.3 is 14.6 Å². The van der Waals surface area contributed by atoms with Gasteiger partial charge in [-0.25, -0.2) is 4.79 Å². The second-order valence-electron chi connectivity index (χ2n) is 6.26. The molecule has 28 heavy (non-hydrogen) atoms. The van der Waals surface area contributed by atoms with Crippen molar-refractivity contribution in [2.75, 3.05) is 11.9 Å². The van der Waals surface area contributed by atoms with Crippen LogP contribution in [0.3, 0.4) is 0 Å². The molecule has 142 valence electrons. The van der Waals surface area contributed by atoms with E-state index in [0.717, 1.165) is 17.0 Å². The maximum Gasteiger partial charge on any atom is 0.340 e. The lowest BCUT2D eigenvalue weighted by Crippen LogP contribution is -2.21. The fourth-order valence-corrected chi connectivity index (χ4v) is 3.64. The van der Waals surface area contributed by atoms with Gasteiger partial charge in [-0.2, -0.15) is 5.26 Å². The number of nitriles is 1. The highest BCUT2D eigenvalue weighted by Crippen LogP contribution is 2.22. The van der Waals surface area contributed by atoms with Crippen molar-refractivity contribution >= 4 is 28.2 Å². The van der Waals surface area contributed by atoms with Crippen LogP contribution in [-0.2, 0) is 16.1 Å². The van der Waals surface area contributed by atoms with E-state index in [0.29, 0.717) is 22.7 Å². The number of anilines is 1. The summed E-state index contributed by atoms with van der Waals surface area (Å²) in [5.74, 6) is -1.03. The highest BCUT2D eigenvalue weighted by Gasteiger charge is 2.18. The minimum Gasteiger partial charge on any atom is -0.452 e. The predicted octanol–water partition coefficient (Wildman–Crippen LogP) is 3.88. The topological polar surface area (TPSA) is 84.1 Å². The quantitative estimate of drug-likeness (QED) is 0.644. The zero-order valence-corrected chi connectivity index (χ0v) is 16.4. The lowest BCUT2D eigenvalue weighted by molar-refractivity contribution is -0.119. The van der Waals surface area contributed by atoms with Crippen LogP contribution in [0, 0.1) is 25.2 Å². The number of carbonyl (C=O) groups excluding carboxylic acids is 2. The van der Waals surface area contributed by atoms with Crippen molar-refractivity contribution in [1.82, 2.24) is 4.57 Å². The van der Waals surface area contributed by atoms with Gasteiger partial charge in [0.15, 0.2) is 6.61 Å². The number of esters is 1. The van der Waals surface area contributed by atoms with E-state index in [1.165, 1.54) is 11.3 Å². The van der Waals surface area contributed by atoms with Crippen LogP contribution in [0.2, 0.25) is 0 Å². The maximum atomic E-state index is 12.4. The Morgan fingerprint density at radius 3 is 2.68 bits per heavy atom. The first-order valence-electron chi connectivity index (χ1n) is 8.65. The van der Waals surface area contributed by atoms with E-state index in [4.69, 9.17) is 10.00 Å². The average molecular weight is 393 g/mol. The molecule has 2 heterocycles. The fourth-order valence-electron chi connectivity index (χ4n) is 2.88. The number of aryl methyl sites for hydroxylation is 1. The number of amides is 1. The van der Waals surface area contributed by atoms with Gasteiger partial charge in [0.1, 0.15) is 11.1 Å². The van der Waals surface area contributed by atoms with Crippen LogP contribution in [0.25, 0.3) is 0 Å². The molecule has 3 rings (SSSR count). The van der Waals surface area contributed by atoms with Gasteiger partial charge in [0, 0.05) is 17.9 Å². The van der Waals surface area contributed by atoms with E-state index in [2.05, 4.69) is 5.32 Å². The Morgan fingerprint density at radius 1 is 1.21 bits per heavy atom. The third-order valence-corrected chi connectivity index (χ3v) is 5.18. The minimum absolute atomic E-state index is 0.383. The van der Waals surface area contributed by atoms with Crippen LogP contribution in [-0.4, -0.2) is 23.1 Å². The summed E-state index contributed by atoms with van der Waals surface area (Å²) in [4.78, 5) is 24.5. The Balaban J connectivity index is 1.64. The van der Waals surface area contributed by atoms with E-state index < -0.39 is 18.5 Å². The standard InChI is InChI=1S/C21H19N3O3S/c1-14-10-18(15(2)24(14)12-16-6-4-3-5-7-16)21(26)27-13-19(25)23-20-17(11-22)8-9-28-20/h3-10H,12-13H2,1-2H3,(H,23,25). The highest BCUT2D eigenvalue weighted by atomic mass is 32.1. The molecule has 0 saturated carbocycles. The summed E-state index contributed by atoms with van der Waals surface area (Å²) in [7, 11) is 0. The lowest BCUT2D eigenvalue weighted by Gasteiger charge is -2.10. The molecule has 3 aromatic rings. The molecule has 6 nitrogen and oxygen atoms in total. The molecule has 0 aliphatic rings. The monoisotopic (exact) mass is 393 g/mol. The van der Waals surface area contributed by atoms with E-state index >= 15 is 0 Å². The molecule has 1 amide bonds. The summed E-state index contributed by atoms with van der Waals surface area (Å²) in [6.45, 7) is 4.03. The average Bonchev–Trinajstić information content (AvgIpc) is 3.26. The van der Waals surface area contributed by atoms with Crippen molar-refractivity contribution in [3.8, 4) is 6.07 Å². The summed E-state index contributed by atoms with van der Waals surface area (Å²) in [5, 5.41) is 13.7. The molecule has 1 N–H and O–H groups in total. The maximum absolute atomic E-state index is 12.4. The molecule has 0 aliphatic carbocycles. The second-order valence-corrected chi connectivity index (χ2v) is 7.17. The molecule has 2 aromatic heterocycles. The number of benzene rings is 1. The van der Waals surface area contributed by atoms with Crippen LogP contribution in [0.5, 0.6) is 0 Å². The minimum atomic E-state index is -0.547. The van der Waals surface area contributed by atoms with Crippen molar-refractivity contribution in [3.63, 3.8) is 0 Å². The summed E-state index contributed by atoms with van der Waals surface area (Å²) in [5.41, 5.74) is 3.68. The van der Waals surface area contributed by atoms with E-state index in [-0.39, 0.29) is 0 Å². The van der Waals surface area contributed by atoms with Gasteiger partial charge in [0.25, 0.3) is 5.91 Å². The lowest BCUT2D eigenvalue weighted by atomic mass is 10.2. The van der Waals surface area contributed by atoms with Crippen molar-refractivity contribution in [2.45, 2.75) is 20.4 Å². The van der Waals surface area contributed by atoms with E-state index in [1.54, 1.807) is 17.5 Å². The van der Waals surface area contributed by atoms with E-state index in [9.17, 15) is 9.59 Å². The molecular weight excluding hydrogens is 374 g/mol. The van der Waals surface area contributed by atoms with Gasteiger partial charge in [-0.05, 0) is 36.9 Å². The molecule has 0 bridgehead atoms. The zero-order valence-electron chi connectivity index (χ0n) is 15.6. The first-order valence-corrected chi connectivity index (χ1v) is 9.52. The number of hydrogen-bond acceptors (Lipinski definition) is 5. The van der Waals surface area contributed by atoms with Crippen molar-refractivity contribution < 1.29 is 14.3 Å². The van der Waals surface area contributed by atoms with Crippen LogP contribution in [0.15, 0.2) is 47.8 Å². The van der Waals surface area contributed by atoms with E-state index in [1.807, 2.05) is 54.8 Å². The summed E-state index contributed by atoms with van der Waals surface area (Å²) in [6, 6.07) is 15.4. The van der Waals surface area contributed by atoms with Crippen LogP contribution >= 0.6 is 11.3 Å². The van der Waals surface area contributed by atoms with Gasteiger partial charge >= 0.3 is 5.97 Å². The Kier molecular flexibility index (Phi) is 5.92. The molecule has 0 aliphatic heterocycles. The third-order valence-electron chi connectivity index (χ3n) is 4.35. The van der Waals surface area contributed by atoms with Crippen LogP contribution in [0.4, 0.5) is 5.00 Å². The summed E-state index contributed by atoms with van der Waals surface area (Å²) >= 11 is 1.24. The SMILES string of the molecule is Cc1cc(C(=O)OCC(=O)Nc2sccc2C#N)c(C)n1Cc1ccccc1. The highest BCUT2D eigenvalue weighted by molar-refractivity contribution is 7.14. The molecule has 7 heteroatoms. The molecule has 0 fully saturated rings. The van der Waals surface area contributed by atoms with Gasteiger partial charge in [0.05, 0.1) is 11.1 Å². The molecular formula is C21H19N3O3S. The Hall–Kier alpha value is -3.37. The summed E-state index contributed by atoms with van der Waals surface area (Å²) in [6.07, 6.45) is 0. The number of ether oxygens (including phenoxy) is 1. The molecule has 0 unspecified atom stereocenters. The number of rotatable bonds is 6. The van der Waals surface area contributed by atoms with Gasteiger partial charge in [-0.3, -0.25) is 4.79 Å². The smallest absolute Gasteiger partial charge is 0.340 e. The molecule has 0 spiro atoms. The number of carbonyl (C=O) groups is 2. The Bertz CT molecular complexity index is 1040. The predicted molar refractivity (Wildman–Crippen MR) is 107 cm³/mol. The van der Waals surface area contributed by atoms with Gasteiger partial charge in [-0.1, -0.05) is 30.3 Å². The molecule has 0 atom stereocenters. The summed E-state index contributed by atoms with van der Waals surface area (Å²) < 4.78 is 7.21. The Labute approximate surface area is 167 Å². The van der Waals surface area contributed by atoms with Gasteiger partial charge in [0.2, 0.25) is 0 Å². The second kappa shape index (κ2) is 8.55. The zero-order chi connectivity index (χ0) is 20.1. The number of thiophene rings is 1. The Morgan fingerprint density at radius 2 is 1.96 bits per heavy atom. The first kappa shape index (κ1) is 19.4. The van der Waals surface area contributed by atoms with Crippen molar-refractivity contribution in [1.29, 1.82) is 5.26 Å². The largest absolute Gasteiger partial charge is 0.452 e. The first-order chi connectivity index (χ1) is 13.5. The number of hydrogen-bond donors (Lipinski definition) is 1. The van der Waals surface area contributed by atoms with Crippen molar-refractivity contribution in [2.24, 2.45) is 0 Å². The molecule has 1 aromatic carbocycles. The van der Waals surface area contributed by atoms with Gasteiger partial charge in [-0.15, -0.1) is 11.3 Å².